The minimum absolute atomic E-state index is 0.0199. The van der Waals surface area contributed by atoms with E-state index in [1.54, 1.807) is 0 Å². The highest BCUT2D eigenvalue weighted by Crippen LogP contribution is 2.50. The average Bonchev–Trinajstić information content (AvgIpc) is 3.20. The minimum atomic E-state index is -4.21. The van der Waals surface area contributed by atoms with E-state index in [0.717, 1.165) is 12.1 Å². The number of carbonyl (C=O) groups excluding carboxylic acids is 3. The van der Waals surface area contributed by atoms with Crippen LogP contribution >= 0.6 is 23.2 Å². The fraction of sp³-hybridized carbons (Fsp3) is 0.565. The van der Waals surface area contributed by atoms with Crippen molar-refractivity contribution in [1.82, 2.24) is 15.5 Å². The van der Waals surface area contributed by atoms with Crippen LogP contribution in [0.4, 0.5) is 17.6 Å². The molecule has 1 aliphatic carbocycles. The van der Waals surface area contributed by atoms with Gasteiger partial charge in [-0.05, 0) is 43.9 Å². The Kier molecular flexibility index (Phi) is 7.14. The molecule has 0 radical (unpaired) electrons. The normalized spacial score (nSPS) is 27.8. The zero-order chi connectivity index (χ0) is 26.4. The number of amides is 3. The molecule has 2 bridgehead atoms. The topological polar surface area (TPSA) is 102 Å². The molecule has 1 saturated carbocycles. The number of nitrogens with zero attached hydrogens (tertiary/aromatic N) is 2. The molecule has 5 atom stereocenters. The summed E-state index contributed by atoms with van der Waals surface area (Å²) in [6, 6.07) is 0.232. The van der Waals surface area contributed by atoms with Crippen molar-refractivity contribution in [1.29, 1.82) is 5.26 Å². The van der Waals surface area contributed by atoms with Gasteiger partial charge in [0.15, 0.2) is 0 Å². The number of halogens is 6. The zero-order valence-corrected chi connectivity index (χ0v) is 20.3. The van der Waals surface area contributed by atoms with Gasteiger partial charge in [0.1, 0.15) is 12.1 Å². The van der Waals surface area contributed by atoms with Crippen molar-refractivity contribution >= 4 is 40.9 Å². The summed E-state index contributed by atoms with van der Waals surface area (Å²) in [6.45, 7) is 0.402. The molecule has 7 nitrogen and oxygen atoms in total. The predicted molar refractivity (Wildman–Crippen MR) is 120 cm³/mol. The maximum Gasteiger partial charge on any atom is 0.350 e. The average molecular weight is 549 g/mol. The number of hydrogen-bond donors (Lipinski definition) is 2. The molecule has 3 aliphatic heterocycles. The Hall–Kier alpha value is -2.58. The van der Waals surface area contributed by atoms with Crippen molar-refractivity contribution < 1.29 is 31.9 Å². The van der Waals surface area contributed by atoms with Crippen LogP contribution in [-0.4, -0.2) is 53.2 Å². The highest BCUT2D eigenvalue weighted by Gasteiger charge is 2.63. The first-order chi connectivity index (χ1) is 16.8. The third-order valence-corrected chi connectivity index (χ3v) is 7.52. The van der Waals surface area contributed by atoms with E-state index in [0.29, 0.717) is 17.9 Å². The number of benzene rings is 1. The number of alkyl halides is 4. The molecule has 194 valence electrons. The largest absolute Gasteiger partial charge is 0.356 e. The van der Waals surface area contributed by atoms with Crippen LogP contribution in [0.25, 0.3) is 0 Å². The summed E-state index contributed by atoms with van der Waals surface area (Å²) < 4.78 is 60.4. The van der Waals surface area contributed by atoms with E-state index < -0.39 is 65.6 Å². The molecule has 3 heterocycles. The number of hydrogen-bond acceptors (Lipinski definition) is 4. The first kappa shape index (κ1) is 26.5. The minimum Gasteiger partial charge on any atom is -0.356 e. The first-order valence-electron chi connectivity index (χ1n) is 11.4. The van der Waals surface area contributed by atoms with Crippen molar-refractivity contribution in [2.45, 2.75) is 62.1 Å². The molecule has 1 aromatic carbocycles. The molecule has 13 heteroatoms. The van der Waals surface area contributed by atoms with Gasteiger partial charge in [-0.2, -0.15) is 14.0 Å². The van der Waals surface area contributed by atoms with Crippen LogP contribution in [0.2, 0.25) is 10.0 Å². The summed E-state index contributed by atoms with van der Waals surface area (Å²) in [6.07, 6.45) is -0.638. The summed E-state index contributed by atoms with van der Waals surface area (Å²) in [5.41, 5.74) is -0.834. The molecule has 36 heavy (non-hydrogen) atoms. The van der Waals surface area contributed by atoms with E-state index >= 15 is 8.78 Å². The fourth-order valence-electron chi connectivity index (χ4n) is 5.38. The van der Waals surface area contributed by atoms with E-state index in [4.69, 9.17) is 23.2 Å². The molecular weight excluding hydrogens is 527 g/mol. The van der Waals surface area contributed by atoms with E-state index in [1.165, 1.54) is 6.07 Å². The molecule has 4 aliphatic rings. The lowest BCUT2D eigenvalue weighted by Crippen LogP contribution is -2.70. The molecule has 1 aromatic rings. The quantitative estimate of drug-likeness (QED) is 0.530. The highest BCUT2D eigenvalue weighted by molar-refractivity contribution is 6.34. The Bertz CT molecular complexity index is 1110. The van der Waals surface area contributed by atoms with Crippen molar-refractivity contribution in [2.24, 2.45) is 11.8 Å². The number of rotatable bonds is 6. The monoisotopic (exact) mass is 548 g/mol. The lowest BCUT2D eigenvalue weighted by molar-refractivity contribution is -0.207. The van der Waals surface area contributed by atoms with Crippen LogP contribution in [0.15, 0.2) is 18.2 Å². The molecule has 5 rings (SSSR count). The summed E-state index contributed by atoms with van der Waals surface area (Å²) in [4.78, 5) is 38.8. The highest BCUT2D eigenvalue weighted by atomic mass is 35.5. The van der Waals surface area contributed by atoms with Crippen molar-refractivity contribution in [3.63, 3.8) is 0 Å². The number of piperidine rings is 2. The van der Waals surface area contributed by atoms with Gasteiger partial charge in [0.2, 0.25) is 11.8 Å². The molecule has 0 unspecified atom stereocenters. The summed E-state index contributed by atoms with van der Waals surface area (Å²) in [5, 5.41) is 14.1. The molecular formula is C23H22Cl2F4N4O3. The van der Waals surface area contributed by atoms with E-state index in [9.17, 15) is 28.4 Å². The second-order valence-electron chi connectivity index (χ2n) is 9.40. The molecule has 3 amide bonds. The van der Waals surface area contributed by atoms with Gasteiger partial charge in [-0.1, -0.05) is 23.2 Å². The van der Waals surface area contributed by atoms with Crippen LogP contribution in [0.3, 0.4) is 0 Å². The van der Waals surface area contributed by atoms with Crippen LogP contribution < -0.4 is 10.6 Å². The molecule has 3 saturated heterocycles. The lowest BCUT2D eigenvalue weighted by Gasteiger charge is -2.54. The number of nitrogens with one attached hydrogen (secondary N) is 2. The maximum atomic E-state index is 15.4. The molecule has 0 aromatic heterocycles. The summed E-state index contributed by atoms with van der Waals surface area (Å²) in [5.74, 6) is -13.1. The van der Waals surface area contributed by atoms with Crippen molar-refractivity contribution in [3.05, 3.63) is 33.8 Å². The predicted octanol–water partition coefficient (Wildman–Crippen LogP) is 3.63. The van der Waals surface area contributed by atoms with E-state index in [-0.39, 0.29) is 35.2 Å². The van der Waals surface area contributed by atoms with Crippen LogP contribution in [0.1, 0.15) is 37.7 Å². The Morgan fingerprint density at radius 3 is 2.44 bits per heavy atom. The summed E-state index contributed by atoms with van der Waals surface area (Å²) in [7, 11) is 0. The van der Waals surface area contributed by atoms with Crippen LogP contribution in [-0.2, 0) is 20.3 Å². The van der Waals surface area contributed by atoms with Gasteiger partial charge in [0.05, 0.1) is 12.0 Å². The molecule has 0 spiro atoms. The van der Waals surface area contributed by atoms with Gasteiger partial charge >= 0.3 is 5.92 Å². The maximum absolute atomic E-state index is 15.4. The van der Waals surface area contributed by atoms with Gasteiger partial charge in [0, 0.05) is 40.5 Å². The number of nitriles is 1. The molecule has 4 fully saturated rings. The fourth-order valence-corrected chi connectivity index (χ4v) is 5.90. The van der Waals surface area contributed by atoms with Gasteiger partial charge in [0.25, 0.3) is 11.8 Å². The van der Waals surface area contributed by atoms with E-state index in [2.05, 4.69) is 10.6 Å². The standard InChI is InChI=1S/C23H22Cl2F4N4O3/c24-13-6-12(7-14(25)8-13)23(28,29)21(36)33-16-1-2-17(22(26,27)9-16)18(33)20(35)32-15(10-30)5-11-3-4-31-19(11)34/h6-8,11,15-18H,1-5,9H2,(H,31,34)(H,32,35)/t11-,15-,16-,17-,18-/m1/s1. The Morgan fingerprint density at radius 1 is 1.22 bits per heavy atom. The van der Waals surface area contributed by atoms with Crippen LogP contribution in [0.5, 0.6) is 0 Å². The SMILES string of the molecule is N#C[C@@H](C[C@H]1CCNC1=O)NC(=O)[C@H]1[C@H]2CC[C@H](CC2(F)F)N1C(=O)C(F)(F)c1cc(Cl)cc(Cl)c1. The van der Waals surface area contributed by atoms with Crippen LogP contribution in [0, 0.1) is 23.2 Å². The Balaban J connectivity index is 1.63. The second-order valence-corrected chi connectivity index (χ2v) is 10.3. The van der Waals surface area contributed by atoms with E-state index in [1.807, 2.05) is 6.07 Å². The van der Waals surface area contributed by atoms with Crippen molar-refractivity contribution in [2.75, 3.05) is 6.54 Å². The number of carbonyl (C=O) groups is 3. The first-order valence-corrected chi connectivity index (χ1v) is 12.1. The van der Waals surface area contributed by atoms with Crippen molar-refractivity contribution in [3.8, 4) is 6.07 Å². The van der Waals surface area contributed by atoms with Gasteiger partial charge < -0.3 is 15.5 Å². The zero-order valence-electron chi connectivity index (χ0n) is 18.7. The number of fused-ring (bicyclic) bond motifs is 3. The third kappa shape index (κ3) is 4.85. The summed E-state index contributed by atoms with van der Waals surface area (Å²) >= 11 is 11.6. The van der Waals surface area contributed by atoms with Gasteiger partial charge in [-0.25, -0.2) is 8.78 Å². The third-order valence-electron chi connectivity index (χ3n) is 7.09. The second kappa shape index (κ2) is 9.71. The molecule has 2 N–H and O–H groups in total. The van der Waals surface area contributed by atoms with Gasteiger partial charge in [-0.3, -0.25) is 14.4 Å². The smallest absolute Gasteiger partial charge is 0.350 e. The lowest BCUT2D eigenvalue weighted by atomic mass is 9.71. The van der Waals surface area contributed by atoms with Gasteiger partial charge in [-0.15, -0.1) is 0 Å². The Morgan fingerprint density at radius 2 is 1.89 bits per heavy atom. The Labute approximate surface area is 214 Å².